The van der Waals surface area contributed by atoms with Crippen LogP contribution in [-0.2, 0) is 33.9 Å². The Kier molecular flexibility index (Phi) is 10.4. The van der Waals surface area contributed by atoms with Crippen LogP contribution in [0.15, 0.2) is 102 Å². The van der Waals surface area contributed by atoms with Crippen LogP contribution in [0.5, 0.6) is 0 Å². The molecule has 1 N–H and O–H groups in total. The number of nitrogens with one attached hydrogen (secondary N) is 1. The van der Waals surface area contributed by atoms with Crippen molar-refractivity contribution in [3.8, 4) is 11.1 Å². The van der Waals surface area contributed by atoms with Gasteiger partial charge in [-0.15, -0.1) is 5.06 Å². The zero-order valence-electron chi connectivity index (χ0n) is 21.0. The van der Waals surface area contributed by atoms with Crippen molar-refractivity contribution in [1.82, 2.24) is 10.4 Å². The summed E-state index contributed by atoms with van der Waals surface area (Å²) in [6.07, 6.45) is 0.860. The van der Waals surface area contributed by atoms with Crippen molar-refractivity contribution < 1.29 is 19.2 Å². The minimum absolute atomic E-state index is 0.142. The number of amides is 1. The summed E-state index contributed by atoms with van der Waals surface area (Å²) < 4.78 is 1.71. The van der Waals surface area contributed by atoms with E-state index >= 15 is 0 Å². The highest BCUT2D eigenvalue weighted by molar-refractivity contribution is 14.1. The topological polar surface area (TPSA) is 75.7 Å². The lowest BCUT2D eigenvalue weighted by molar-refractivity contribution is -0.195. The zero-order valence-corrected chi connectivity index (χ0v) is 24.7. The molecular formula is C31H26BrIN2O4. The summed E-state index contributed by atoms with van der Waals surface area (Å²) in [5, 5.41) is 4.40. The third-order valence-corrected chi connectivity index (χ3v) is 7.83. The smallest absolute Gasteiger partial charge is 0.361 e. The molecule has 0 atom stereocenters. The van der Waals surface area contributed by atoms with Gasteiger partial charge in [0.2, 0.25) is 6.29 Å². The molecular weight excluding hydrogens is 671 g/mol. The molecule has 4 aromatic rings. The average Bonchev–Trinajstić information content (AvgIpc) is 2.96. The number of nitrogens with zero attached hydrogens (tertiary/aromatic N) is 1. The van der Waals surface area contributed by atoms with E-state index in [-0.39, 0.29) is 18.7 Å². The predicted octanol–water partition coefficient (Wildman–Crippen LogP) is 6.35. The molecule has 0 aromatic heterocycles. The Morgan fingerprint density at radius 1 is 0.846 bits per heavy atom. The second-order valence-corrected chi connectivity index (χ2v) is 10.8. The minimum atomic E-state index is -0.970. The lowest BCUT2D eigenvalue weighted by Crippen LogP contribution is -2.28. The summed E-state index contributed by atoms with van der Waals surface area (Å²) in [5.41, 5.74) is 5.74. The second-order valence-electron chi connectivity index (χ2n) is 8.79. The van der Waals surface area contributed by atoms with Crippen molar-refractivity contribution in [3.63, 3.8) is 0 Å². The molecule has 0 saturated carbocycles. The van der Waals surface area contributed by atoms with Gasteiger partial charge in [-0.2, -0.15) is 0 Å². The summed E-state index contributed by atoms with van der Waals surface area (Å²) in [6, 6.07) is 31.6. The van der Waals surface area contributed by atoms with Gasteiger partial charge in [0, 0.05) is 20.2 Å². The fourth-order valence-electron chi connectivity index (χ4n) is 4.01. The van der Waals surface area contributed by atoms with E-state index in [1.54, 1.807) is 18.2 Å². The molecule has 4 rings (SSSR count). The first-order chi connectivity index (χ1) is 18.9. The molecule has 0 aliphatic rings. The first kappa shape index (κ1) is 28.7. The van der Waals surface area contributed by atoms with E-state index in [2.05, 4.69) is 80.2 Å². The molecule has 0 saturated heterocycles. The van der Waals surface area contributed by atoms with Crippen molar-refractivity contribution in [2.24, 2.45) is 0 Å². The normalized spacial score (nSPS) is 10.7. The molecule has 0 spiro atoms. The molecule has 0 aliphatic carbocycles. The van der Waals surface area contributed by atoms with Gasteiger partial charge in [0.1, 0.15) is 0 Å². The Balaban J connectivity index is 1.34. The molecule has 8 heteroatoms. The van der Waals surface area contributed by atoms with Crippen molar-refractivity contribution in [3.05, 3.63) is 127 Å². The van der Waals surface area contributed by atoms with Crippen molar-refractivity contribution >= 4 is 56.7 Å². The lowest BCUT2D eigenvalue weighted by atomic mass is 10.0. The molecule has 198 valence electrons. The van der Waals surface area contributed by atoms with Crippen LogP contribution in [0.4, 0.5) is 0 Å². The molecule has 0 unspecified atom stereocenters. The van der Waals surface area contributed by atoms with Gasteiger partial charge in [0.15, 0.2) is 0 Å². The van der Waals surface area contributed by atoms with E-state index in [9.17, 15) is 14.4 Å². The summed E-state index contributed by atoms with van der Waals surface area (Å²) in [4.78, 5) is 40.6. The number of hydroxylamine groups is 2. The van der Waals surface area contributed by atoms with E-state index in [1.165, 1.54) is 10.6 Å². The number of rotatable bonds is 11. The molecule has 6 nitrogen and oxygen atoms in total. The largest absolute Gasteiger partial charge is 0.390 e. The maximum absolute atomic E-state index is 12.8. The maximum Gasteiger partial charge on any atom is 0.390 e. The molecule has 1 amide bonds. The van der Waals surface area contributed by atoms with Crippen LogP contribution in [0.3, 0.4) is 0 Å². The number of benzene rings is 4. The first-order valence-corrected chi connectivity index (χ1v) is 14.2. The van der Waals surface area contributed by atoms with Gasteiger partial charge in [-0.3, -0.25) is 9.59 Å². The number of hydrogen-bond donors (Lipinski definition) is 1. The summed E-state index contributed by atoms with van der Waals surface area (Å²) in [5.74, 6) is -1.14. The fourth-order valence-corrected chi connectivity index (χ4v) is 5.07. The van der Waals surface area contributed by atoms with E-state index in [4.69, 9.17) is 4.84 Å². The van der Waals surface area contributed by atoms with Crippen LogP contribution in [0.1, 0.15) is 27.0 Å². The van der Waals surface area contributed by atoms with Gasteiger partial charge < -0.3 is 10.2 Å². The van der Waals surface area contributed by atoms with Crippen molar-refractivity contribution in [2.75, 3.05) is 6.54 Å². The Morgan fingerprint density at radius 3 is 2.21 bits per heavy atom. The van der Waals surface area contributed by atoms with E-state index in [0.29, 0.717) is 23.1 Å². The van der Waals surface area contributed by atoms with Gasteiger partial charge in [0.25, 0.3) is 5.91 Å². The standard InChI is InChI=1S/C31H26BrIN2O4/c32-28-18-25(31(38)34-17-16-22-10-12-24(13-11-22)23-6-2-1-3-7-23)14-15-26(28)19-35(39-30(37)21-36)20-27-8-4-5-9-29(27)33/h1-15,18,21H,16-17,19-20H2,(H,34,38). The molecule has 39 heavy (non-hydrogen) atoms. The second kappa shape index (κ2) is 14.2. The zero-order chi connectivity index (χ0) is 27.6. The predicted molar refractivity (Wildman–Crippen MR) is 163 cm³/mol. The van der Waals surface area contributed by atoms with Crippen molar-refractivity contribution in [1.29, 1.82) is 0 Å². The van der Waals surface area contributed by atoms with E-state index in [1.807, 2.05) is 42.5 Å². The molecule has 0 fully saturated rings. The van der Waals surface area contributed by atoms with Crippen molar-refractivity contribution in [2.45, 2.75) is 19.5 Å². The highest BCUT2D eigenvalue weighted by Gasteiger charge is 2.17. The monoisotopic (exact) mass is 696 g/mol. The summed E-state index contributed by atoms with van der Waals surface area (Å²) in [6.45, 7) is 1.04. The van der Waals surface area contributed by atoms with Gasteiger partial charge in [0.05, 0.1) is 13.1 Å². The van der Waals surface area contributed by atoms with Crippen LogP contribution in [-0.4, -0.2) is 29.8 Å². The quantitative estimate of drug-likeness (QED) is 0.0856. The SMILES string of the molecule is O=CC(=O)ON(Cc1ccc(C(=O)NCCc2ccc(-c3ccccc3)cc2)cc1Br)Cc1ccccc1I. The Labute approximate surface area is 249 Å². The first-order valence-electron chi connectivity index (χ1n) is 12.3. The molecule has 0 heterocycles. The Morgan fingerprint density at radius 2 is 1.51 bits per heavy atom. The fraction of sp³-hybridized carbons (Fsp3) is 0.129. The summed E-state index contributed by atoms with van der Waals surface area (Å²) >= 11 is 5.75. The highest BCUT2D eigenvalue weighted by Crippen LogP contribution is 2.23. The van der Waals surface area contributed by atoms with E-state index < -0.39 is 5.97 Å². The van der Waals surface area contributed by atoms with Crippen LogP contribution in [0.25, 0.3) is 11.1 Å². The molecule has 4 aromatic carbocycles. The minimum Gasteiger partial charge on any atom is -0.361 e. The Bertz CT molecular complexity index is 1440. The van der Waals surface area contributed by atoms with E-state index in [0.717, 1.165) is 32.2 Å². The van der Waals surface area contributed by atoms with Gasteiger partial charge in [-0.25, -0.2) is 4.79 Å². The number of carbonyl (C=O) groups is 3. The Hall–Kier alpha value is -3.34. The number of carbonyl (C=O) groups excluding carboxylic acids is 3. The van der Waals surface area contributed by atoms with Gasteiger partial charge in [-0.1, -0.05) is 94.8 Å². The van der Waals surface area contributed by atoms with Crippen LogP contribution >= 0.6 is 38.5 Å². The number of halogens is 2. The lowest BCUT2D eigenvalue weighted by Gasteiger charge is -2.21. The van der Waals surface area contributed by atoms with Gasteiger partial charge >= 0.3 is 5.97 Å². The number of hydrogen-bond acceptors (Lipinski definition) is 5. The number of aldehydes is 1. The third-order valence-electron chi connectivity index (χ3n) is 6.04. The molecule has 0 radical (unpaired) electrons. The van der Waals surface area contributed by atoms with Crippen LogP contribution < -0.4 is 5.32 Å². The highest BCUT2D eigenvalue weighted by atomic mass is 127. The molecule has 0 aliphatic heterocycles. The van der Waals surface area contributed by atoms with Gasteiger partial charge in [-0.05, 0) is 75.0 Å². The van der Waals surface area contributed by atoms with Crippen LogP contribution in [0, 0.1) is 3.57 Å². The molecule has 0 bridgehead atoms. The van der Waals surface area contributed by atoms with Crippen LogP contribution in [0.2, 0.25) is 0 Å². The average molecular weight is 697 g/mol. The summed E-state index contributed by atoms with van der Waals surface area (Å²) in [7, 11) is 0. The third kappa shape index (κ3) is 8.32. The maximum atomic E-state index is 12.8.